The first-order valence-corrected chi connectivity index (χ1v) is 6.35. The number of nitrogens with two attached hydrogens (primary N) is 1. The van der Waals surface area contributed by atoms with Gasteiger partial charge in [-0.3, -0.25) is 16.3 Å². The fraction of sp³-hybridized carbons (Fsp3) is 0.143. The number of rotatable bonds is 4. The zero-order chi connectivity index (χ0) is 14.8. The average Bonchev–Trinajstić information content (AvgIpc) is 2.87. The zero-order valence-corrected chi connectivity index (χ0v) is 11.0. The van der Waals surface area contributed by atoms with Gasteiger partial charge in [0.05, 0.1) is 24.0 Å². The SMILES string of the molecule is NNC(Cc1cc(F)cc(F)c1)c1cnn2ccncc12. The molecule has 3 N–H and O–H groups in total. The second kappa shape index (κ2) is 5.55. The Labute approximate surface area is 119 Å². The first-order valence-electron chi connectivity index (χ1n) is 6.35. The summed E-state index contributed by atoms with van der Waals surface area (Å²) in [6, 6.07) is 3.09. The van der Waals surface area contributed by atoms with Crippen LogP contribution in [0.25, 0.3) is 5.52 Å². The number of fused-ring (bicyclic) bond motifs is 1. The molecule has 1 unspecified atom stereocenters. The average molecular weight is 289 g/mol. The van der Waals surface area contributed by atoms with Crippen molar-refractivity contribution in [3.63, 3.8) is 0 Å². The first kappa shape index (κ1) is 13.6. The molecule has 0 amide bonds. The highest BCUT2D eigenvalue weighted by Crippen LogP contribution is 2.22. The second-order valence-corrected chi connectivity index (χ2v) is 4.71. The summed E-state index contributed by atoms with van der Waals surface area (Å²) in [5, 5.41) is 4.20. The van der Waals surface area contributed by atoms with Crippen LogP contribution >= 0.6 is 0 Å². The number of nitrogens with zero attached hydrogens (tertiary/aromatic N) is 3. The molecule has 7 heteroatoms. The Kier molecular flexibility index (Phi) is 3.59. The van der Waals surface area contributed by atoms with Crippen molar-refractivity contribution in [3.8, 4) is 0 Å². The summed E-state index contributed by atoms with van der Waals surface area (Å²) in [6.07, 6.45) is 7.00. The van der Waals surface area contributed by atoms with Crippen molar-refractivity contribution >= 4 is 5.52 Å². The lowest BCUT2D eigenvalue weighted by Crippen LogP contribution is -2.29. The number of nitrogens with one attached hydrogen (secondary N) is 1. The third kappa shape index (κ3) is 2.74. The van der Waals surface area contributed by atoms with E-state index in [1.54, 1.807) is 29.3 Å². The van der Waals surface area contributed by atoms with Crippen molar-refractivity contribution < 1.29 is 8.78 Å². The van der Waals surface area contributed by atoms with Gasteiger partial charge >= 0.3 is 0 Å². The van der Waals surface area contributed by atoms with Crippen molar-refractivity contribution in [1.82, 2.24) is 20.0 Å². The molecule has 0 aliphatic carbocycles. The Balaban J connectivity index is 1.95. The molecule has 0 aliphatic heterocycles. The molecule has 0 radical (unpaired) electrons. The Morgan fingerprint density at radius 1 is 1.19 bits per heavy atom. The van der Waals surface area contributed by atoms with Crippen LogP contribution < -0.4 is 11.3 Å². The van der Waals surface area contributed by atoms with Gasteiger partial charge in [-0.05, 0) is 24.1 Å². The highest BCUT2D eigenvalue weighted by molar-refractivity contribution is 5.53. The summed E-state index contributed by atoms with van der Waals surface area (Å²) in [5.74, 6) is 4.37. The Hall–Kier alpha value is -2.38. The number of aromatic nitrogens is 3. The fourth-order valence-electron chi connectivity index (χ4n) is 2.34. The molecule has 108 valence electrons. The van der Waals surface area contributed by atoms with E-state index >= 15 is 0 Å². The van der Waals surface area contributed by atoms with Crippen LogP contribution in [-0.2, 0) is 6.42 Å². The molecule has 1 aromatic carbocycles. The molecule has 5 nitrogen and oxygen atoms in total. The van der Waals surface area contributed by atoms with Gasteiger partial charge in [0.1, 0.15) is 11.6 Å². The van der Waals surface area contributed by atoms with Crippen molar-refractivity contribution in [1.29, 1.82) is 0 Å². The quantitative estimate of drug-likeness (QED) is 0.567. The number of hydrogen-bond donors (Lipinski definition) is 2. The van der Waals surface area contributed by atoms with Gasteiger partial charge in [-0.15, -0.1) is 0 Å². The Bertz CT molecular complexity index is 751. The van der Waals surface area contributed by atoms with Gasteiger partial charge in [0.15, 0.2) is 0 Å². The number of benzene rings is 1. The maximum Gasteiger partial charge on any atom is 0.126 e. The topological polar surface area (TPSA) is 68.2 Å². The summed E-state index contributed by atoms with van der Waals surface area (Å²) in [4.78, 5) is 4.05. The summed E-state index contributed by atoms with van der Waals surface area (Å²) < 4.78 is 28.2. The van der Waals surface area contributed by atoms with E-state index in [0.717, 1.165) is 17.1 Å². The summed E-state index contributed by atoms with van der Waals surface area (Å²) >= 11 is 0. The molecule has 2 heterocycles. The number of halogens is 2. The van der Waals surface area contributed by atoms with Crippen molar-refractivity contribution in [2.24, 2.45) is 5.84 Å². The highest BCUT2D eigenvalue weighted by atomic mass is 19.1. The highest BCUT2D eigenvalue weighted by Gasteiger charge is 2.16. The summed E-state index contributed by atoms with van der Waals surface area (Å²) in [7, 11) is 0. The van der Waals surface area contributed by atoms with Crippen LogP contribution in [0.2, 0.25) is 0 Å². The third-order valence-corrected chi connectivity index (χ3v) is 3.29. The van der Waals surface area contributed by atoms with Crippen LogP contribution in [0.15, 0.2) is 43.0 Å². The van der Waals surface area contributed by atoms with Crippen molar-refractivity contribution in [2.45, 2.75) is 12.5 Å². The molecule has 0 aliphatic rings. The largest absolute Gasteiger partial charge is 0.271 e. The van der Waals surface area contributed by atoms with Gasteiger partial charge in [-0.25, -0.2) is 13.3 Å². The molecule has 0 saturated carbocycles. The minimum Gasteiger partial charge on any atom is -0.271 e. The van der Waals surface area contributed by atoms with E-state index in [1.165, 1.54) is 12.1 Å². The van der Waals surface area contributed by atoms with Crippen LogP contribution in [0, 0.1) is 11.6 Å². The standard InChI is InChI=1S/C14H13F2N5/c15-10-3-9(4-11(16)6-10)5-13(20-17)12-7-19-21-2-1-18-8-14(12)21/h1-4,6-8,13,20H,5,17H2. The number of hydrazine groups is 1. The Morgan fingerprint density at radius 2 is 1.95 bits per heavy atom. The van der Waals surface area contributed by atoms with Gasteiger partial charge in [-0.1, -0.05) is 0 Å². The van der Waals surface area contributed by atoms with Gasteiger partial charge < -0.3 is 0 Å². The van der Waals surface area contributed by atoms with Gasteiger partial charge in [0.2, 0.25) is 0 Å². The van der Waals surface area contributed by atoms with E-state index in [1.807, 2.05) is 0 Å². The van der Waals surface area contributed by atoms with Crippen molar-refractivity contribution in [2.75, 3.05) is 0 Å². The molecule has 1 atom stereocenters. The normalized spacial score (nSPS) is 12.7. The molecule has 0 saturated heterocycles. The zero-order valence-electron chi connectivity index (χ0n) is 11.0. The van der Waals surface area contributed by atoms with E-state index in [-0.39, 0.29) is 6.04 Å². The molecular weight excluding hydrogens is 276 g/mol. The minimum absolute atomic E-state index is 0.326. The number of hydrogen-bond acceptors (Lipinski definition) is 4. The van der Waals surface area contributed by atoms with E-state index in [4.69, 9.17) is 5.84 Å². The van der Waals surface area contributed by atoms with Crippen LogP contribution in [-0.4, -0.2) is 14.6 Å². The first-order chi connectivity index (χ1) is 10.2. The van der Waals surface area contributed by atoms with E-state index in [9.17, 15) is 8.78 Å². The molecular formula is C14H13F2N5. The van der Waals surface area contributed by atoms with Crippen LogP contribution in [0.5, 0.6) is 0 Å². The van der Waals surface area contributed by atoms with Crippen molar-refractivity contribution in [3.05, 3.63) is 65.7 Å². The lowest BCUT2D eigenvalue weighted by atomic mass is 10.0. The smallest absolute Gasteiger partial charge is 0.126 e. The second-order valence-electron chi connectivity index (χ2n) is 4.71. The molecule has 0 spiro atoms. The summed E-state index contributed by atoms with van der Waals surface area (Å²) in [5.41, 5.74) is 4.77. The molecule has 0 fully saturated rings. The third-order valence-electron chi connectivity index (χ3n) is 3.29. The van der Waals surface area contributed by atoms with Gasteiger partial charge in [0, 0.05) is 24.0 Å². The molecule has 3 rings (SSSR count). The molecule has 21 heavy (non-hydrogen) atoms. The molecule has 2 aromatic heterocycles. The predicted octanol–water partition coefficient (Wildman–Crippen LogP) is 1.75. The van der Waals surface area contributed by atoms with Gasteiger partial charge in [-0.2, -0.15) is 5.10 Å². The van der Waals surface area contributed by atoms with E-state index in [0.29, 0.717) is 12.0 Å². The Morgan fingerprint density at radius 3 is 2.67 bits per heavy atom. The minimum atomic E-state index is -0.609. The van der Waals surface area contributed by atoms with Crippen LogP contribution in [0.4, 0.5) is 8.78 Å². The predicted molar refractivity (Wildman–Crippen MR) is 73.1 cm³/mol. The lowest BCUT2D eigenvalue weighted by molar-refractivity contribution is 0.542. The van der Waals surface area contributed by atoms with Crippen LogP contribution in [0.3, 0.4) is 0 Å². The fourth-order valence-corrected chi connectivity index (χ4v) is 2.34. The van der Waals surface area contributed by atoms with E-state index in [2.05, 4.69) is 15.5 Å². The molecule has 0 bridgehead atoms. The maximum absolute atomic E-state index is 13.3. The lowest BCUT2D eigenvalue weighted by Gasteiger charge is -2.15. The maximum atomic E-state index is 13.3. The van der Waals surface area contributed by atoms with Gasteiger partial charge in [0.25, 0.3) is 0 Å². The monoisotopic (exact) mass is 289 g/mol. The van der Waals surface area contributed by atoms with Crippen LogP contribution in [0.1, 0.15) is 17.2 Å². The summed E-state index contributed by atoms with van der Waals surface area (Å²) in [6.45, 7) is 0. The molecule has 3 aromatic rings. The van der Waals surface area contributed by atoms with E-state index < -0.39 is 11.6 Å².